The third kappa shape index (κ3) is 3.99. The summed E-state index contributed by atoms with van der Waals surface area (Å²) in [6, 6.07) is 6.29. The first-order valence-corrected chi connectivity index (χ1v) is 8.80. The largest absolute Gasteiger partial charge is 0.354 e. The van der Waals surface area contributed by atoms with Crippen LogP contribution >= 0.6 is 0 Å². The van der Waals surface area contributed by atoms with Crippen molar-refractivity contribution in [1.82, 2.24) is 15.5 Å². The van der Waals surface area contributed by atoms with Crippen molar-refractivity contribution in [2.45, 2.75) is 38.3 Å². The minimum absolute atomic E-state index is 0.0651. The number of fused-ring (bicyclic) bond motifs is 1. The van der Waals surface area contributed by atoms with Crippen LogP contribution in [0, 0.1) is 0 Å². The quantitative estimate of drug-likeness (QED) is 0.734. The van der Waals surface area contributed by atoms with Crippen molar-refractivity contribution in [3.63, 3.8) is 0 Å². The molecule has 3 rings (SSSR count). The van der Waals surface area contributed by atoms with E-state index in [-0.39, 0.29) is 24.1 Å². The van der Waals surface area contributed by atoms with Crippen LogP contribution in [0.25, 0.3) is 0 Å². The topological polar surface area (TPSA) is 90.5 Å². The first kappa shape index (κ1) is 17.4. The maximum Gasteiger partial charge on any atom is 0.254 e. The van der Waals surface area contributed by atoms with E-state index in [9.17, 15) is 14.4 Å². The van der Waals surface area contributed by atoms with Crippen LogP contribution in [0.15, 0.2) is 24.3 Å². The molecule has 3 amide bonds. The highest BCUT2D eigenvalue weighted by molar-refractivity contribution is 6.10. The number of carbonyl (C=O) groups is 3. The van der Waals surface area contributed by atoms with E-state index in [1.165, 1.54) is 0 Å². The number of likely N-dealkylation sites (tertiary alicyclic amines) is 1. The zero-order valence-electron chi connectivity index (χ0n) is 14.4. The van der Waals surface area contributed by atoms with Gasteiger partial charge in [0.05, 0.1) is 17.7 Å². The Balaban J connectivity index is 1.56. The molecule has 1 aromatic rings. The van der Waals surface area contributed by atoms with Crippen molar-refractivity contribution >= 4 is 23.4 Å². The third-order valence-electron chi connectivity index (χ3n) is 4.88. The molecule has 2 atom stereocenters. The molecule has 2 aliphatic heterocycles. The van der Waals surface area contributed by atoms with E-state index in [1.54, 1.807) is 24.3 Å². The number of rotatable bonds is 5. The summed E-state index contributed by atoms with van der Waals surface area (Å²) >= 11 is 0. The highest BCUT2D eigenvalue weighted by Crippen LogP contribution is 2.19. The molecule has 3 N–H and O–H groups in total. The van der Waals surface area contributed by atoms with Gasteiger partial charge in [-0.3, -0.25) is 19.3 Å². The second-order valence-corrected chi connectivity index (χ2v) is 6.49. The molecule has 2 heterocycles. The standard InChI is InChI=1S/C18H24N4O3/c1-2-22-9-5-6-12(22)11-19-16(23)10-15-18(25)20-14-8-4-3-7-13(14)17(24)21-15/h3-4,7-8,12,15H,2,5-6,9-11H2,1H3,(H,19,23)(H,20,25)(H,21,24)/t12-,15-/m0/s1. The Morgan fingerprint density at radius 3 is 2.92 bits per heavy atom. The van der Waals surface area contributed by atoms with Crippen LogP contribution in [0.3, 0.4) is 0 Å². The molecule has 0 saturated carbocycles. The molecule has 0 bridgehead atoms. The van der Waals surface area contributed by atoms with Crippen LogP contribution < -0.4 is 16.0 Å². The van der Waals surface area contributed by atoms with Crippen molar-refractivity contribution in [2.24, 2.45) is 0 Å². The lowest BCUT2D eigenvalue weighted by Gasteiger charge is -2.23. The summed E-state index contributed by atoms with van der Waals surface area (Å²) < 4.78 is 0. The predicted molar refractivity (Wildman–Crippen MR) is 94.2 cm³/mol. The first-order valence-electron chi connectivity index (χ1n) is 8.80. The van der Waals surface area contributed by atoms with E-state index in [1.807, 2.05) is 0 Å². The van der Waals surface area contributed by atoms with Crippen LogP contribution in [0.4, 0.5) is 5.69 Å². The molecule has 0 radical (unpaired) electrons. The highest BCUT2D eigenvalue weighted by atomic mass is 16.2. The number of hydrogen-bond acceptors (Lipinski definition) is 4. The minimum Gasteiger partial charge on any atom is -0.354 e. The highest BCUT2D eigenvalue weighted by Gasteiger charge is 2.30. The van der Waals surface area contributed by atoms with E-state index in [0.29, 0.717) is 23.8 Å². The van der Waals surface area contributed by atoms with Gasteiger partial charge in [-0.2, -0.15) is 0 Å². The SMILES string of the molecule is CCN1CCC[C@H]1CNC(=O)C[C@@H]1NC(=O)c2ccccc2NC1=O. The fraction of sp³-hybridized carbons (Fsp3) is 0.500. The molecule has 0 aliphatic carbocycles. The van der Waals surface area contributed by atoms with Crippen LogP contribution in [-0.2, 0) is 9.59 Å². The molecule has 1 fully saturated rings. The molecule has 1 aromatic carbocycles. The average molecular weight is 344 g/mol. The molecule has 2 aliphatic rings. The zero-order chi connectivity index (χ0) is 17.8. The maximum atomic E-state index is 12.3. The maximum absolute atomic E-state index is 12.3. The Morgan fingerprint density at radius 2 is 2.12 bits per heavy atom. The molecule has 134 valence electrons. The van der Waals surface area contributed by atoms with Gasteiger partial charge in [-0.1, -0.05) is 19.1 Å². The van der Waals surface area contributed by atoms with Crippen LogP contribution in [-0.4, -0.2) is 54.3 Å². The number of likely N-dealkylation sites (N-methyl/N-ethyl adjacent to an activating group) is 1. The summed E-state index contributed by atoms with van der Waals surface area (Å²) in [7, 11) is 0. The first-order chi connectivity index (χ1) is 12.1. The summed E-state index contributed by atoms with van der Waals surface area (Å²) in [5.41, 5.74) is 0.876. The van der Waals surface area contributed by atoms with Gasteiger partial charge in [-0.25, -0.2) is 0 Å². The molecule has 25 heavy (non-hydrogen) atoms. The van der Waals surface area contributed by atoms with Crippen molar-refractivity contribution in [3.8, 4) is 0 Å². The van der Waals surface area contributed by atoms with Gasteiger partial charge < -0.3 is 16.0 Å². The van der Waals surface area contributed by atoms with Gasteiger partial charge >= 0.3 is 0 Å². The summed E-state index contributed by atoms with van der Waals surface area (Å²) in [4.78, 5) is 39.1. The summed E-state index contributed by atoms with van der Waals surface area (Å²) in [5, 5.41) is 8.25. The van der Waals surface area contributed by atoms with Crippen LogP contribution in [0.5, 0.6) is 0 Å². The molecular weight excluding hydrogens is 320 g/mol. The lowest BCUT2D eigenvalue weighted by atomic mass is 10.1. The van der Waals surface area contributed by atoms with Gasteiger partial charge in [-0.05, 0) is 38.1 Å². The lowest BCUT2D eigenvalue weighted by Crippen LogP contribution is -2.46. The summed E-state index contributed by atoms with van der Waals surface area (Å²) in [6.07, 6.45) is 2.15. The number of nitrogens with zero attached hydrogens (tertiary/aromatic N) is 1. The Hall–Kier alpha value is -2.41. The van der Waals surface area contributed by atoms with Gasteiger partial charge in [0, 0.05) is 12.6 Å². The number of benzene rings is 1. The van der Waals surface area contributed by atoms with Gasteiger partial charge in [-0.15, -0.1) is 0 Å². The second kappa shape index (κ2) is 7.65. The van der Waals surface area contributed by atoms with Gasteiger partial charge in [0.1, 0.15) is 6.04 Å². The number of carbonyl (C=O) groups excluding carboxylic acids is 3. The number of nitrogens with one attached hydrogen (secondary N) is 3. The second-order valence-electron chi connectivity index (χ2n) is 6.49. The minimum atomic E-state index is -0.870. The van der Waals surface area contributed by atoms with Crippen molar-refractivity contribution in [3.05, 3.63) is 29.8 Å². The van der Waals surface area contributed by atoms with Crippen molar-refractivity contribution in [2.75, 3.05) is 25.0 Å². The van der Waals surface area contributed by atoms with Crippen molar-refractivity contribution in [1.29, 1.82) is 0 Å². The molecule has 0 aromatic heterocycles. The van der Waals surface area contributed by atoms with Gasteiger partial charge in [0.25, 0.3) is 5.91 Å². The fourth-order valence-electron chi connectivity index (χ4n) is 3.49. The van der Waals surface area contributed by atoms with E-state index in [2.05, 4.69) is 27.8 Å². The molecule has 7 nitrogen and oxygen atoms in total. The van der Waals surface area contributed by atoms with E-state index in [0.717, 1.165) is 25.9 Å². The summed E-state index contributed by atoms with van der Waals surface area (Å²) in [6.45, 7) is 4.73. The molecule has 0 spiro atoms. The Bertz CT molecular complexity index is 676. The van der Waals surface area contributed by atoms with Crippen molar-refractivity contribution < 1.29 is 14.4 Å². The number of amides is 3. The van der Waals surface area contributed by atoms with Gasteiger partial charge in [0.2, 0.25) is 11.8 Å². The number of para-hydroxylation sites is 1. The van der Waals surface area contributed by atoms with E-state index >= 15 is 0 Å². The van der Waals surface area contributed by atoms with Crippen LogP contribution in [0.2, 0.25) is 0 Å². The Kier molecular flexibility index (Phi) is 5.33. The zero-order valence-corrected chi connectivity index (χ0v) is 14.4. The monoisotopic (exact) mass is 344 g/mol. The predicted octanol–water partition coefficient (Wildman–Crippen LogP) is 0.728. The Labute approximate surface area is 147 Å². The smallest absolute Gasteiger partial charge is 0.254 e. The van der Waals surface area contributed by atoms with E-state index in [4.69, 9.17) is 0 Å². The lowest BCUT2D eigenvalue weighted by molar-refractivity contribution is -0.125. The van der Waals surface area contributed by atoms with Gasteiger partial charge in [0.15, 0.2) is 0 Å². The number of hydrogen-bond donors (Lipinski definition) is 3. The molecule has 0 unspecified atom stereocenters. The molecule has 7 heteroatoms. The molecular formula is C18H24N4O3. The Morgan fingerprint density at radius 1 is 1.32 bits per heavy atom. The third-order valence-corrected chi connectivity index (χ3v) is 4.88. The number of anilines is 1. The fourth-order valence-corrected chi connectivity index (χ4v) is 3.49. The molecule has 1 saturated heterocycles. The average Bonchev–Trinajstić information content (AvgIpc) is 3.02. The van der Waals surface area contributed by atoms with E-state index < -0.39 is 6.04 Å². The summed E-state index contributed by atoms with van der Waals surface area (Å²) in [5.74, 6) is -0.946. The normalized spacial score (nSPS) is 23.4. The van der Waals surface area contributed by atoms with Crippen LogP contribution in [0.1, 0.15) is 36.5 Å².